The summed E-state index contributed by atoms with van der Waals surface area (Å²) in [4.78, 5) is 33.6. The van der Waals surface area contributed by atoms with Gasteiger partial charge in [0, 0.05) is 13.6 Å². The molecule has 0 aliphatic carbocycles. The van der Waals surface area contributed by atoms with E-state index in [1.807, 2.05) is 0 Å². The van der Waals surface area contributed by atoms with E-state index in [2.05, 4.69) is 20.9 Å². The molecule has 0 radical (unpaired) electrons. The first kappa shape index (κ1) is 14.6. The van der Waals surface area contributed by atoms with Crippen LogP contribution in [0.1, 0.15) is 29.1 Å². The third-order valence-corrected chi connectivity index (χ3v) is 2.40. The molecule has 0 bridgehead atoms. The van der Waals surface area contributed by atoms with Crippen LogP contribution < -0.4 is 16.4 Å². The summed E-state index contributed by atoms with van der Waals surface area (Å²) in [6.07, 6.45) is 0. The van der Waals surface area contributed by atoms with Crippen LogP contribution in [0.25, 0.3) is 0 Å². The zero-order valence-corrected chi connectivity index (χ0v) is 10.4. The Morgan fingerprint density at radius 1 is 1.47 bits per heavy atom. The van der Waals surface area contributed by atoms with E-state index in [9.17, 15) is 14.4 Å². The number of carboxylic acids is 1. The molecule has 0 saturated heterocycles. The van der Waals surface area contributed by atoms with Crippen LogP contribution in [0.15, 0.2) is 0 Å². The minimum atomic E-state index is -1.29. The van der Waals surface area contributed by atoms with Gasteiger partial charge in [0.15, 0.2) is 5.69 Å². The normalized spacial score (nSPS) is 11.7. The maximum Gasteiger partial charge on any atom is 0.358 e. The minimum absolute atomic E-state index is 0.104. The number of aromatic carboxylic acids is 1. The van der Waals surface area contributed by atoms with Crippen LogP contribution in [-0.4, -0.2) is 45.1 Å². The summed E-state index contributed by atoms with van der Waals surface area (Å²) < 4.78 is 1.07. The van der Waals surface area contributed by atoms with Gasteiger partial charge in [-0.15, -0.1) is 5.10 Å². The molecule has 0 aliphatic heterocycles. The molecule has 10 heteroatoms. The second-order valence-corrected chi connectivity index (χ2v) is 3.58. The summed E-state index contributed by atoms with van der Waals surface area (Å²) in [6, 6.07) is -1.60. The number of nitrogens with zero attached hydrogens (tertiary/aromatic N) is 3. The van der Waals surface area contributed by atoms with Crippen molar-refractivity contribution in [1.29, 1.82) is 0 Å². The Bertz CT molecular complexity index is 511. The van der Waals surface area contributed by atoms with Crippen molar-refractivity contribution in [3.05, 3.63) is 11.4 Å². The molecule has 10 nitrogen and oxygen atoms in total. The van der Waals surface area contributed by atoms with Gasteiger partial charge >= 0.3 is 12.0 Å². The Morgan fingerprint density at radius 2 is 2.11 bits per heavy atom. The van der Waals surface area contributed by atoms with Crippen LogP contribution in [-0.2, 0) is 11.3 Å². The van der Waals surface area contributed by atoms with Crippen LogP contribution in [0, 0.1) is 0 Å². The lowest BCUT2D eigenvalue weighted by atomic mass is 10.2. The number of amides is 3. The van der Waals surface area contributed by atoms with E-state index >= 15 is 0 Å². The average molecular weight is 270 g/mol. The Kier molecular flexibility index (Phi) is 4.53. The summed E-state index contributed by atoms with van der Waals surface area (Å²) in [6.45, 7) is 1.30. The molecule has 0 saturated carbocycles. The number of nitrogens with one attached hydrogen (secondary N) is 2. The standard InChI is InChI=1S/C9H14N6O4/c1-4(7(16)12-9(19)11-2)15-5(3-10)6(8(17)18)13-14-15/h4H,3,10H2,1-2H3,(H,17,18)(H2,11,12,16,19). The number of nitrogens with two attached hydrogens (primary N) is 1. The molecule has 1 unspecified atom stereocenters. The van der Waals surface area contributed by atoms with Crippen molar-refractivity contribution in [3.63, 3.8) is 0 Å². The summed E-state index contributed by atoms with van der Waals surface area (Å²) in [5.74, 6) is -1.94. The van der Waals surface area contributed by atoms with Gasteiger partial charge < -0.3 is 16.2 Å². The number of imide groups is 1. The van der Waals surface area contributed by atoms with Crippen LogP contribution in [0.4, 0.5) is 4.79 Å². The van der Waals surface area contributed by atoms with Crippen molar-refractivity contribution in [2.75, 3.05) is 7.05 Å². The highest BCUT2D eigenvalue weighted by atomic mass is 16.4. The van der Waals surface area contributed by atoms with Gasteiger partial charge in [0.05, 0.1) is 5.69 Å². The van der Waals surface area contributed by atoms with Gasteiger partial charge in [-0.05, 0) is 6.92 Å². The molecule has 1 aromatic heterocycles. The number of aromatic nitrogens is 3. The molecular formula is C9H14N6O4. The topological polar surface area (TPSA) is 152 Å². The third kappa shape index (κ3) is 3.04. The van der Waals surface area contributed by atoms with Crippen molar-refractivity contribution >= 4 is 17.9 Å². The van der Waals surface area contributed by atoms with Gasteiger partial charge in [-0.1, -0.05) is 5.21 Å². The van der Waals surface area contributed by atoms with Gasteiger partial charge in [-0.2, -0.15) is 0 Å². The zero-order chi connectivity index (χ0) is 14.6. The van der Waals surface area contributed by atoms with E-state index in [0.717, 1.165) is 4.68 Å². The van der Waals surface area contributed by atoms with Crippen molar-refractivity contribution in [2.45, 2.75) is 19.5 Å². The molecule has 0 aromatic carbocycles. The average Bonchev–Trinajstić information content (AvgIpc) is 2.81. The highest BCUT2D eigenvalue weighted by molar-refractivity contribution is 5.96. The van der Waals surface area contributed by atoms with Gasteiger partial charge in [-0.3, -0.25) is 10.1 Å². The number of urea groups is 1. The molecule has 0 fully saturated rings. The van der Waals surface area contributed by atoms with Crippen molar-refractivity contribution < 1.29 is 19.5 Å². The van der Waals surface area contributed by atoms with Crippen LogP contribution in [0.5, 0.6) is 0 Å². The predicted octanol–water partition coefficient (Wildman–Crippen LogP) is -1.55. The molecule has 1 rings (SSSR count). The molecule has 104 valence electrons. The molecule has 5 N–H and O–H groups in total. The molecule has 3 amide bonds. The summed E-state index contributed by atoms with van der Waals surface area (Å²) in [5.41, 5.74) is 5.21. The molecule has 19 heavy (non-hydrogen) atoms. The molecule has 1 aromatic rings. The van der Waals surface area contributed by atoms with Crippen molar-refractivity contribution in [3.8, 4) is 0 Å². The van der Waals surface area contributed by atoms with E-state index < -0.39 is 23.9 Å². The summed E-state index contributed by atoms with van der Waals surface area (Å²) >= 11 is 0. The van der Waals surface area contributed by atoms with E-state index in [-0.39, 0.29) is 17.9 Å². The number of hydrogen-bond acceptors (Lipinski definition) is 6. The highest BCUT2D eigenvalue weighted by Gasteiger charge is 2.25. The predicted molar refractivity (Wildman–Crippen MR) is 62.2 cm³/mol. The van der Waals surface area contributed by atoms with Gasteiger partial charge in [0.1, 0.15) is 6.04 Å². The first-order valence-electron chi connectivity index (χ1n) is 5.32. The fourth-order valence-corrected chi connectivity index (χ4v) is 1.37. The minimum Gasteiger partial charge on any atom is -0.476 e. The maximum atomic E-state index is 11.7. The SMILES string of the molecule is CNC(=O)NC(=O)C(C)n1nnc(C(=O)O)c1CN. The fraction of sp³-hybridized carbons (Fsp3) is 0.444. The Hall–Kier alpha value is -2.49. The first-order valence-corrected chi connectivity index (χ1v) is 5.32. The van der Waals surface area contributed by atoms with E-state index in [1.165, 1.54) is 14.0 Å². The fourth-order valence-electron chi connectivity index (χ4n) is 1.37. The van der Waals surface area contributed by atoms with Gasteiger partial charge in [0.25, 0.3) is 5.91 Å². The number of carboxylic acid groups (broad SMARTS) is 1. The number of rotatable bonds is 4. The van der Waals surface area contributed by atoms with Crippen molar-refractivity contribution in [2.24, 2.45) is 5.73 Å². The van der Waals surface area contributed by atoms with E-state index in [1.54, 1.807) is 0 Å². The lowest BCUT2D eigenvalue weighted by molar-refractivity contribution is -0.123. The number of carbonyl (C=O) groups excluding carboxylic acids is 2. The smallest absolute Gasteiger partial charge is 0.358 e. The van der Waals surface area contributed by atoms with Gasteiger partial charge in [0.2, 0.25) is 0 Å². The van der Waals surface area contributed by atoms with Crippen molar-refractivity contribution in [1.82, 2.24) is 25.6 Å². The lowest BCUT2D eigenvalue weighted by Gasteiger charge is -2.13. The quantitative estimate of drug-likeness (QED) is 0.516. The van der Waals surface area contributed by atoms with Gasteiger partial charge in [-0.25, -0.2) is 14.3 Å². The Morgan fingerprint density at radius 3 is 2.58 bits per heavy atom. The summed E-state index contributed by atoms with van der Waals surface area (Å²) in [5, 5.41) is 20.2. The second-order valence-electron chi connectivity index (χ2n) is 3.58. The molecule has 1 atom stereocenters. The monoisotopic (exact) mass is 270 g/mol. The lowest BCUT2D eigenvalue weighted by Crippen LogP contribution is -2.41. The van der Waals surface area contributed by atoms with E-state index in [4.69, 9.17) is 10.8 Å². The Labute approximate surface area is 107 Å². The highest BCUT2D eigenvalue weighted by Crippen LogP contribution is 2.12. The summed E-state index contributed by atoms with van der Waals surface area (Å²) in [7, 11) is 1.36. The maximum absolute atomic E-state index is 11.7. The number of carbonyl (C=O) groups is 3. The number of hydrogen-bond donors (Lipinski definition) is 4. The van der Waals surface area contributed by atoms with E-state index in [0.29, 0.717) is 0 Å². The first-order chi connectivity index (χ1) is 8.92. The molecule has 0 spiro atoms. The van der Waals surface area contributed by atoms with Crippen LogP contribution >= 0.6 is 0 Å². The molecule has 1 heterocycles. The van der Waals surface area contributed by atoms with Crippen LogP contribution in [0.2, 0.25) is 0 Å². The molecule has 0 aliphatic rings. The zero-order valence-electron chi connectivity index (χ0n) is 10.4. The molecular weight excluding hydrogens is 256 g/mol. The second kappa shape index (κ2) is 5.91. The van der Waals surface area contributed by atoms with Crippen LogP contribution in [0.3, 0.4) is 0 Å². The third-order valence-electron chi connectivity index (χ3n) is 2.40. The Balaban J connectivity index is 2.99. The largest absolute Gasteiger partial charge is 0.476 e.